The third-order valence-electron chi connectivity index (χ3n) is 6.42. The molecule has 2 heterocycles. The van der Waals surface area contributed by atoms with Gasteiger partial charge in [-0.15, -0.1) is 0 Å². The van der Waals surface area contributed by atoms with Gasteiger partial charge in [0.2, 0.25) is 5.91 Å². The number of likely N-dealkylation sites (tertiary alicyclic amines) is 1. The van der Waals surface area contributed by atoms with Gasteiger partial charge in [0, 0.05) is 31.0 Å². The fraction of sp³-hybridized carbons (Fsp3) is 0.941. The number of carbonyl (C=O) groups excluding carboxylic acids is 1. The highest BCUT2D eigenvalue weighted by Crippen LogP contribution is 2.58. The second-order valence-corrected chi connectivity index (χ2v) is 7.80. The maximum Gasteiger partial charge on any atom is 0.243 e. The van der Waals surface area contributed by atoms with E-state index < -0.39 is 5.54 Å². The van der Waals surface area contributed by atoms with Crippen LogP contribution in [0.5, 0.6) is 0 Å². The van der Waals surface area contributed by atoms with E-state index in [1.165, 1.54) is 6.42 Å². The Kier molecular flexibility index (Phi) is 3.81. The van der Waals surface area contributed by atoms with Gasteiger partial charge in [0.15, 0.2) is 0 Å². The van der Waals surface area contributed by atoms with Crippen LogP contribution in [0.4, 0.5) is 0 Å². The van der Waals surface area contributed by atoms with Crippen LogP contribution in [-0.2, 0) is 9.53 Å². The molecule has 2 aliphatic heterocycles. The maximum absolute atomic E-state index is 13.2. The van der Waals surface area contributed by atoms with Crippen molar-refractivity contribution in [3.8, 4) is 0 Å². The minimum atomic E-state index is -0.728. The molecule has 0 aromatic carbocycles. The number of amides is 1. The van der Waals surface area contributed by atoms with E-state index in [0.29, 0.717) is 5.92 Å². The lowest BCUT2D eigenvalue weighted by atomic mass is 9.46. The number of carbonyl (C=O) groups is 1. The summed E-state index contributed by atoms with van der Waals surface area (Å²) in [5.41, 5.74) is 5.74. The summed E-state index contributed by atoms with van der Waals surface area (Å²) >= 11 is 0. The highest BCUT2D eigenvalue weighted by atomic mass is 16.5. The standard InChI is InChI=1S/C17H30N2O2/c1-4-12-7-5-9-19(11-12)15(20)17(18)13-8-6-10-21-14(13)16(17,2)3/h12-14H,4-11,18H2,1-3H3. The first-order chi connectivity index (χ1) is 9.92. The van der Waals surface area contributed by atoms with E-state index in [4.69, 9.17) is 10.5 Å². The Morgan fingerprint density at radius 3 is 2.81 bits per heavy atom. The normalized spacial score (nSPS) is 42.1. The lowest BCUT2D eigenvalue weighted by molar-refractivity contribution is -0.230. The van der Waals surface area contributed by atoms with Crippen LogP contribution in [0.2, 0.25) is 0 Å². The molecule has 2 saturated heterocycles. The van der Waals surface area contributed by atoms with Crippen molar-refractivity contribution in [3.05, 3.63) is 0 Å². The van der Waals surface area contributed by atoms with Gasteiger partial charge in [-0.25, -0.2) is 0 Å². The molecular formula is C17H30N2O2. The van der Waals surface area contributed by atoms with Crippen molar-refractivity contribution in [2.75, 3.05) is 19.7 Å². The number of piperidine rings is 1. The molecule has 4 nitrogen and oxygen atoms in total. The van der Waals surface area contributed by atoms with Crippen molar-refractivity contribution in [1.29, 1.82) is 0 Å². The number of nitrogens with zero attached hydrogens (tertiary/aromatic N) is 1. The molecule has 4 heteroatoms. The summed E-state index contributed by atoms with van der Waals surface area (Å²) in [4.78, 5) is 15.2. The van der Waals surface area contributed by atoms with E-state index >= 15 is 0 Å². The average Bonchev–Trinajstić information content (AvgIpc) is 2.53. The fourth-order valence-corrected chi connectivity index (χ4v) is 4.85. The predicted molar refractivity (Wildman–Crippen MR) is 82.8 cm³/mol. The molecule has 0 radical (unpaired) electrons. The molecule has 3 fully saturated rings. The Labute approximate surface area is 128 Å². The fourth-order valence-electron chi connectivity index (χ4n) is 4.85. The average molecular weight is 294 g/mol. The topological polar surface area (TPSA) is 55.6 Å². The highest BCUT2D eigenvalue weighted by Gasteiger charge is 2.70. The zero-order chi connectivity index (χ0) is 15.3. The van der Waals surface area contributed by atoms with Crippen molar-refractivity contribution < 1.29 is 9.53 Å². The smallest absolute Gasteiger partial charge is 0.243 e. The molecule has 0 bridgehead atoms. The molecule has 4 atom stereocenters. The van der Waals surface area contributed by atoms with Gasteiger partial charge in [-0.2, -0.15) is 0 Å². The number of fused-ring (bicyclic) bond motifs is 1. The Morgan fingerprint density at radius 1 is 1.33 bits per heavy atom. The molecular weight excluding hydrogens is 264 g/mol. The number of rotatable bonds is 2. The van der Waals surface area contributed by atoms with E-state index in [1.807, 2.05) is 4.90 Å². The summed E-state index contributed by atoms with van der Waals surface area (Å²) in [5.74, 6) is 1.03. The largest absolute Gasteiger partial charge is 0.377 e. The van der Waals surface area contributed by atoms with Gasteiger partial charge in [0.05, 0.1) is 6.10 Å². The zero-order valence-electron chi connectivity index (χ0n) is 13.7. The van der Waals surface area contributed by atoms with E-state index in [2.05, 4.69) is 20.8 Å². The first-order valence-electron chi connectivity index (χ1n) is 8.62. The van der Waals surface area contributed by atoms with Crippen LogP contribution in [-0.4, -0.2) is 42.1 Å². The van der Waals surface area contributed by atoms with Crippen molar-refractivity contribution >= 4 is 5.91 Å². The second-order valence-electron chi connectivity index (χ2n) is 7.80. The first kappa shape index (κ1) is 15.3. The Bertz CT molecular complexity index is 423. The minimum absolute atomic E-state index is 0.159. The van der Waals surface area contributed by atoms with Crippen LogP contribution >= 0.6 is 0 Å². The van der Waals surface area contributed by atoms with E-state index in [-0.39, 0.29) is 23.3 Å². The molecule has 1 amide bonds. The molecule has 0 spiro atoms. The third-order valence-corrected chi connectivity index (χ3v) is 6.42. The zero-order valence-corrected chi connectivity index (χ0v) is 13.7. The first-order valence-corrected chi connectivity index (χ1v) is 8.62. The van der Waals surface area contributed by atoms with Crippen molar-refractivity contribution in [2.24, 2.45) is 23.0 Å². The lowest BCUT2D eigenvalue weighted by Gasteiger charge is -2.66. The summed E-state index contributed by atoms with van der Waals surface area (Å²) in [6, 6.07) is 0. The molecule has 120 valence electrons. The molecule has 21 heavy (non-hydrogen) atoms. The van der Waals surface area contributed by atoms with Crippen LogP contribution in [0.1, 0.15) is 52.9 Å². The van der Waals surface area contributed by atoms with Gasteiger partial charge < -0.3 is 15.4 Å². The van der Waals surface area contributed by atoms with Crippen molar-refractivity contribution in [2.45, 2.75) is 64.5 Å². The molecule has 4 unspecified atom stereocenters. The minimum Gasteiger partial charge on any atom is -0.377 e. The summed E-state index contributed by atoms with van der Waals surface area (Å²) in [7, 11) is 0. The monoisotopic (exact) mass is 294 g/mol. The van der Waals surface area contributed by atoms with Gasteiger partial charge in [-0.1, -0.05) is 27.2 Å². The second kappa shape index (κ2) is 5.24. The summed E-state index contributed by atoms with van der Waals surface area (Å²) in [5, 5.41) is 0. The van der Waals surface area contributed by atoms with Crippen LogP contribution in [0.15, 0.2) is 0 Å². The van der Waals surface area contributed by atoms with Gasteiger partial charge in [-0.3, -0.25) is 4.79 Å². The maximum atomic E-state index is 13.2. The van der Waals surface area contributed by atoms with Gasteiger partial charge in [0.1, 0.15) is 5.54 Å². The summed E-state index contributed by atoms with van der Waals surface area (Å²) in [6.07, 6.45) is 5.73. The predicted octanol–water partition coefficient (Wildman–Crippen LogP) is 2.17. The molecule has 0 aromatic rings. The van der Waals surface area contributed by atoms with Gasteiger partial charge >= 0.3 is 0 Å². The third kappa shape index (κ3) is 2.06. The molecule has 0 aromatic heterocycles. The number of hydrogen-bond donors (Lipinski definition) is 1. The molecule has 1 aliphatic carbocycles. The van der Waals surface area contributed by atoms with E-state index in [1.54, 1.807) is 0 Å². The number of nitrogens with two attached hydrogens (primary N) is 1. The highest BCUT2D eigenvalue weighted by molar-refractivity contribution is 5.89. The summed E-state index contributed by atoms with van der Waals surface area (Å²) in [6.45, 7) is 9.02. The lowest BCUT2D eigenvalue weighted by Crippen LogP contribution is -2.82. The quantitative estimate of drug-likeness (QED) is 0.849. The van der Waals surface area contributed by atoms with Crippen molar-refractivity contribution in [1.82, 2.24) is 4.90 Å². The molecule has 1 saturated carbocycles. The molecule has 2 N–H and O–H groups in total. The Morgan fingerprint density at radius 2 is 2.10 bits per heavy atom. The van der Waals surface area contributed by atoms with Gasteiger partial charge in [0.25, 0.3) is 0 Å². The molecule has 3 aliphatic rings. The Balaban J connectivity index is 1.79. The Hall–Kier alpha value is -0.610. The number of ether oxygens (including phenoxy) is 1. The van der Waals surface area contributed by atoms with Crippen LogP contribution in [0, 0.1) is 17.3 Å². The molecule has 3 rings (SSSR count). The van der Waals surface area contributed by atoms with E-state index in [0.717, 1.165) is 45.4 Å². The SMILES string of the molecule is CCC1CCCN(C(=O)C2(N)C3CCCOC3C2(C)C)C1. The van der Waals surface area contributed by atoms with Gasteiger partial charge in [-0.05, 0) is 31.6 Å². The van der Waals surface area contributed by atoms with Crippen LogP contribution in [0.3, 0.4) is 0 Å². The van der Waals surface area contributed by atoms with Crippen LogP contribution < -0.4 is 5.73 Å². The summed E-state index contributed by atoms with van der Waals surface area (Å²) < 4.78 is 5.92. The van der Waals surface area contributed by atoms with Crippen molar-refractivity contribution in [3.63, 3.8) is 0 Å². The van der Waals surface area contributed by atoms with E-state index in [9.17, 15) is 4.79 Å². The van der Waals surface area contributed by atoms with Crippen LogP contribution in [0.25, 0.3) is 0 Å². The number of hydrogen-bond acceptors (Lipinski definition) is 3.